The van der Waals surface area contributed by atoms with E-state index in [1.54, 1.807) is 0 Å². The highest BCUT2D eigenvalue weighted by molar-refractivity contribution is 9.10. The molecular formula is C14H20BrClN2O2. The average molecular weight is 364 g/mol. The van der Waals surface area contributed by atoms with Gasteiger partial charge in [0, 0.05) is 12.6 Å². The first-order valence-electron chi connectivity index (χ1n) is 6.63. The zero-order valence-electron chi connectivity index (χ0n) is 11.2. The number of ether oxygens (including phenoxy) is 1. The number of piperidine rings is 1. The second-order valence-corrected chi connectivity index (χ2v) is 5.49. The van der Waals surface area contributed by atoms with Crippen molar-refractivity contribution in [2.75, 3.05) is 19.7 Å². The van der Waals surface area contributed by atoms with Crippen molar-refractivity contribution in [1.82, 2.24) is 10.6 Å². The van der Waals surface area contributed by atoms with Crippen LogP contribution in [0.2, 0.25) is 0 Å². The SMILES string of the molecule is Cl.O=C(CCOc1ccccc1Br)N[C@H]1CCCNC1. The highest BCUT2D eigenvalue weighted by Crippen LogP contribution is 2.23. The van der Waals surface area contributed by atoms with E-state index in [0.717, 1.165) is 36.2 Å². The van der Waals surface area contributed by atoms with Crippen LogP contribution in [0.5, 0.6) is 5.75 Å². The molecule has 1 aromatic rings. The normalized spacial score (nSPS) is 17.9. The third-order valence-electron chi connectivity index (χ3n) is 3.09. The van der Waals surface area contributed by atoms with E-state index in [-0.39, 0.29) is 24.4 Å². The Morgan fingerprint density at radius 2 is 2.25 bits per heavy atom. The van der Waals surface area contributed by atoms with Crippen LogP contribution in [0.1, 0.15) is 19.3 Å². The predicted octanol–water partition coefficient (Wildman–Crippen LogP) is 2.51. The second-order valence-electron chi connectivity index (χ2n) is 4.64. The largest absolute Gasteiger partial charge is 0.492 e. The van der Waals surface area contributed by atoms with Gasteiger partial charge in [0.25, 0.3) is 0 Å². The van der Waals surface area contributed by atoms with Crippen LogP contribution in [0.3, 0.4) is 0 Å². The molecule has 20 heavy (non-hydrogen) atoms. The van der Waals surface area contributed by atoms with Gasteiger partial charge in [0.2, 0.25) is 5.91 Å². The average Bonchev–Trinajstić information content (AvgIpc) is 2.42. The number of hydrogen-bond donors (Lipinski definition) is 2. The van der Waals surface area contributed by atoms with Gasteiger partial charge in [0.15, 0.2) is 0 Å². The number of carbonyl (C=O) groups excluding carboxylic acids is 1. The molecule has 0 aliphatic carbocycles. The third kappa shape index (κ3) is 5.69. The molecule has 1 atom stereocenters. The van der Waals surface area contributed by atoms with E-state index in [1.807, 2.05) is 24.3 Å². The molecular weight excluding hydrogens is 344 g/mol. The van der Waals surface area contributed by atoms with E-state index >= 15 is 0 Å². The molecule has 2 N–H and O–H groups in total. The minimum absolute atomic E-state index is 0. The van der Waals surface area contributed by atoms with E-state index < -0.39 is 0 Å². The van der Waals surface area contributed by atoms with Crippen LogP contribution < -0.4 is 15.4 Å². The van der Waals surface area contributed by atoms with Gasteiger partial charge in [-0.3, -0.25) is 4.79 Å². The minimum Gasteiger partial charge on any atom is -0.492 e. The molecule has 0 radical (unpaired) electrons. The topological polar surface area (TPSA) is 50.4 Å². The first-order chi connectivity index (χ1) is 9.25. The summed E-state index contributed by atoms with van der Waals surface area (Å²) >= 11 is 3.41. The minimum atomic E-state index is 0. The molecule has 2 rings (SSSR count). The highest BCUT2D eigenvalue weighted by atomic mass is 79.9. The highest BCUT2D eigenvalue weighted by Gasteiger charge is 2.15. The molecule has 1 heterocycles. The summed E-state index contributed by atoms with van der Waals surface area (Å²) in [5.74, 6) is 0.829. The molecule has 1 aliphatic heterocycles. The fourth-order valence-electron chi connectivity index (χ4n) is 2.09. The Bertz CT molecular complexity index is 425. The van der Waals surface area contributed by atoms with Crippen molar-refractivity contribution in [1.29, 1.82) is 0 Å². The zero-order chi connectivity index (χ0) is 13.5. The van der Waals surface area contributed by atoms with E-state index in [1.165, 1.54) is 0 Å². The Labute approximate surface area is 134 Å². The van der Waals surface area contributed by atoms with Crippen LogP contribution in [-0.2, 0) is 4.79 Å². The maximum absolute atomic E-state index is 11.8. The van der Waals surface area contributed by atoms with Crippen molar-refractivity contribution in [3.63, 3.8) is 0 Å². The fraction of sp³-hybridized carbons (Fsp3) is 0.500. The molecule has 0 aromatic heterocycles. The molecule has 0 unspecified atom stereocenters. The Morgan fingerprint density at radius 3 is 2.95 bits per heavy atom. The van der Waals surface area contributed by atoms with Gasteiger partial charge in [-0.2, -0.15) is 0 Å². The van der Waals surface area contributed by atoms with Crippen LogP contribution >= 0.6 is 28.3 Å². The van der Waals surface area contributed by atoms with E-state index in [9.17, 15) is 4.79 Å². The summed E-state index contributed by atoms with van der Waals surface area (Å²) in [4.78, 5) is 11.8. The number of halogens is 2. The summed E-state index contributed by atoms with van der Waals surface area (Å²) in [6, 6.07) is 7.91. The lowest BCUT2D eigenvalue weighted by atomic mass is 10.1. The molecule has 6 heteroatoms. The first-order valence-corrected chi connectivity index (χ1v) is 7.42. The molecule has 1 aromatic carbocycles. The van der Waals surface area contributed by atoms with Gasteiger partial charge in [-0.05, 0) is 47.4 Å². The number of para-hydroxylation sites is 1. The molecule has 1 saturated heterocycles. The van der Waals surface area contributed by atoms with Gasteiger partial charge in [-0.15, -0.1) is 12.4 Å². The van der Waals surface area contributed by atoms with Gasteiger partial charge in [-0.1, -0.05) is 12.1 Å². The molecule has 112 valence electrons. The fourth-order valence-corrected chi connectivity index (χ4v) is 2.49. The van der Waals surface area contributed by atoms with E-state index in [0.29, 0.717) is 13.0 Å². The van der Waals surface area contributed by atoms with Gasteiger partial charge in [0.1, 0.15) is 5.75 Å². The number of hydrogen-bond acceptors (Lipinski definition) is 3. The third-order valence-corrected chi connectivity index (χ3v) is 3.74. The Balaban J connectivity index is 0.00000200. The Morgan fingerprint density at radius 1 is 1.45 bits per heavy atom. The summed E-state index contributed by atoms with van der Waals surface area (Å²) in [7, 11) is 0. The van der Waals surface area contributed by atoms with Crippen molar-refractivity contribution in [2.45, 2.75) is 25.3 Å². The number of carbonyl (C=O) groups is 1. The summed E-state index contributed by atoms with van der Waals surface area (Å²) < 4.78 is 6.48. The van der Waals surface area contributed by atoms with Gasteiger partial charge >= 0.3 is 0 Å². The predicted molar refractivity (Wildman–Crippen MR) is 85.5 cm³/mol. The zero-order valence-corrected chi connectivity index (χ0v) is 13.6. The second kappa shape index (κ2) is 9.21. The van der Waals surface area contributed by atoms with Crippen molar-refractivity contribution < 1.29 is 9.53 Å². The molecule has 1 aliphatic rings. The monoisotopic (exact) mass is 362 g/mol. The first kappa shape index (κ1) is 17.3. The Kier molecular flexibility index (Phi) is 7.95. The van der Waals surface area contributed by atoms with Crippen molar-refractivity contribution in [3.8, 4) is 5.75 Å². The molecule has 4 nitrogen and oxygen atoms in total. The quantitative estimate of drug-likeness (QED) is 0.845. The summed E-state index contributed by atoms with van der Waals surface area (Å²) in [5, 5.41) is 6.30. The lowest BCUT2D eigenvalue weighted by Gasteiger charge is -2.23. The van der Waals surface area contributed by atoms with Gasteiger partial charge in [0.05, 0.1) is 17.5 Å². The number of amides is 1. The van der Waals surface area contributed by atoms with E-state index in [2.05, 4.69) is 26.6 Å². The molecule has 0 bridgehead atoms. The number of benzene rings is 1. The standard InChI is InChI=1S/C14H19BrN2O2.ClH/c15-12-5-1-2-6-13(12)19-9-7-14(18)17-11-4-3-8-16-10-11;/h1-2,5-6,11,16H,3-4,7-10H2,(H,17,18);1H/t11-;/m0./s1. The van der Waals surface area contributed by atoms with Crippen LogP contribution in [0, 0.1) is 0 Å². The van der Waals surface area contributed by atoms with Crippen molar-refractivity contribution in [2.24, 2.45) is 0 Å². The van der Waals surface area contributed by atoms with E-state index in [4.69, 9.17) is 4.74 Å². The number of rotatable bonds is 5. The van der Waals surface area contributed by atoms with Crippen molar-refractivity contribution in [3.05, 3.63) is 28.7 Å². The lowest BCUT2D eigenvalue weighted by Crippen LogP contribution is -2.45. The van der Waals surface area contributed by atoms with Crippen molar-refractivity contribution >= 4 is 34.2 Å². The summed E-state index contributed by atoms with van der Waals surface area (Å²) in [6.07, 6.45) is 2.57. The van der Waals surface area contributed by atoms with Crippen LogP contribution in [0.4, 0.5) is 0 Å². The lowest BCUT2D eigenvalue weighted by molar-refractivity contribution is -0.122. The molecule has 1 amide bonds. The molecule has 1 fully saturated rings. The van der Waals surface area contributed by atoms with Crippen LogP contribution in [-0.4, -0.2) is 31.6 Å². The molecule has 0 saturated carbocycles. The summed E-state index contributed by atoms with van der Waals surface area (Å²) in [6.45, 7) is 2.32. The number of nitrogens with one attached hydrogen (secondary N) is 2. The maximum atomic E-state index is 11.8. The smallest absolute Gasteiger partial charge is 0.223 e. The van der Waals surface area contributed by atoms with Crippen LogP contribution in [0.15, 0.2) is 28.7 Å². The molecule has 0 spiro atoms. The van der Waals surface area contributed by atoms with Gasteiger partial charge in [-0.25, -0.2) is 0 Å². The van der Waals surface area contributed by atoms with Gasteiger partial charge < -0.3 is 15.4 Å². The van der Waals surface area contributed by atoms with Crippen LogP contribution in [0.25, 0.3) is 0 Å². The Hall–Kier alpha value is -0.780. The maximum Gasteiger partial charge on any atom is 0.223 e. The summed E-state index contributed by atoms with van der Waals surface area (Å²) in [5.41, 5.74) is 0.